The lowest BCUT2D eigenvalue weighted by Crippen LogP contribution is -2.46. The number of ketones is 1. The van der Waals surface area contributed by atoms with Gasteiger partial charge >= 0.3 is 0 Å². The average Bonchev–Trinajstić information content (AvgIpc) is 2.03. The van der Waals surface area contributed by atoms with Crippen molar-refractivity contribution in [3.05, 3.63) is 0 Å². The summed E-state index contributed by atoms with van der Waals surface area (Å²) >= 11 is 0. The molecule has 2 unspecified atom stereocenters. The molecule has 0 aromatic rings. The smallest absolute Gasteiger partial charge is 0.131 e. The highest BCUT2D eigenvalue weighted by atomic mass is 16.5. The van der Waals surface area contributed by atoms with Crippen LogP contribution in [0.3, 0.4) is 0 Å². The molecule has 1 heterocycles. The molecule has 2 atom stereocenters. The van der Waals surface area contributed by atoms with Gasteiger partial charge in [-0.25, -0.2) is 0 Å². The fourth-order valence-electron chi connectivity index (χ4n) is 1.79. The van der Waals surface area contributed by atoms with Crippen LogP contribution in [0.4, 0.5) is 0 Å². The topological polar surface area (TPSA) is 29.5 Å². The summed E-state index contributed by atoms with van der Waals surface area (Å²) in [6, 6.07) is 0.365. The molecule has 1 aliphatic heterocycles. The fraction of sp³-hybridized carbons (Fsp3) is 0.900. The van der Waals surface area contributed by atoms with E-state index in [1.165, 1.54) is 0 Å². The first-order valence-electron chi connectivity index (χ1n) is 4.94. The van der Waals surface area contributed by atoms with Gasteiger partial charge in [0.2, 0.25) is 0 Å². The van der Waals surface area contributed by atoms with Gasteiger partial charge < -0.3 is 4.74 Å². The summed E-state index contributed by atoms with van der Waals surface area (Å²) < 4.78 is 5.44. The second-order valence-corrected chi connectivity index (χ2v) is 3.93. The lowest BCUT2D eigenvalue weighted by atomic mass is 10.1. The van der Waals surface area contributed by atoms with Crippen LogP contribution in [-0.2, 0) is 9.53 Å². The predicted octanol–water partition coefficient (Wildman–Crippen LogP) is 1.07. The Labute approximate surface area is 80.1 Å². The van der Waals surface area contributed by atoms with E-state index in [4.69, 9.17) is 4.74 Å². The van der Waals surface area contributed by atoms with Gasteiger partial charge in [0.15, 0.2) is 0 Å². The second kappa shape index (κ2) is 4.72. The van der Waals surface area contributed by atoms with Crippen molar-refractivity contribution in [1.29, 1.82) is 0 Å². The van der Waals surface area contributed by atoms with E-state index in [1.807, 2.05) is 0 Å². The van der Waals surface area contributed by atoms with Crippen molar-refractivity contribution in [2.24, 2.45) is 0 Å². The summed E-state index contributed by atoms with van der Waals surface area (Å²) in [5.41, 5.74) is 0. The number of rotatable bonds is 3. The van der Waals surface area contributed by atoms with Gasteiger partial charge in [-0.1, -0.05) is 0 Å². The van der Waals surface area contributed by atoms with Crippen molar-refractivity contribution in [3.63, 3.8) is 0 Å². The number of ether oxygens (including phenoxy) is 1. The first kappa shape index (κ1) is 10.7. The Morgan fingerprint density at radius 2 is 2.38 bits per heavy atom. The van der Waals surface area contributed by atoms with Gasteiger partial charge in [-0.3, -0.25) is 9.69 Å². The number of carbonyl (C=O) groups excluding carboxylic acids is 1. The Morgan fingerprint density at radius 1 is 1.69 bits per heavy atom. The minimum atomic E-state index is 0.270. The monoisotopic (exact) mass is 185 g/mol. The van der Waals surface area contributed by atoms with Crippen LogP contribution < -0.4 is 0 Å². The Kier molecular flexibility index (Phi) is 3.88. The summed E-state index contributed by atoms with van der Waals surface area (Å²) in [5, 5.41) is 0. The fourth-order valence-corrected chi connectivity index (χ4v) is 1.79. The average molecular weight is 185 g/mol. The minimum Gasteiger partial charge on any atom is -0.376 e. The summed E-state index contributed by atoms with van der Waals surface area (Å²) in [5.74, 6) is 0.270. The zero-order chi connectivity index (χ0) is 9.84. The van der Waals surface area contributed by atoms with Crippen LogP contribution in [0.15, 0.2) is 0 Å². The number of Topliss-reactive ketones (excluding diaryl/α,β-unsaturated/α-hetero) is 1. The molecule has 0 aromatic heterocycles. The Morgan fingerprint density at radius 3 is 2.92 bits per heavy atom. The number of hydrogen-bond acceptors (Lipinski definition) is 3. The van der Waals surface area contributed by atoms with Gasteiger partial charge in [-0.15, -0.1) is 0 Å². The third-order valence-corrected chi connectivity index (χ3v) is 2.48. The molecule has 0 amide bonds. The highest BCUT2D eigenvalue weighted by Crippen LogP contribution is 2.10. The number of nitrogens with zero attached hydrogens (tertiary/aromatic N) is 1. The summed E-state index contributed by atoms with van der Waals surface area (Å²) in [7, 11) is 0. The van der Waals surface area contributed by atoms with Crippen LogP contribution in [0.25, 0.3) is 0 Å². The molecule has 3 heteroatoms. The van der Waals surface area contributed by atoms with Gasteiger partial charge in [-0.2, -0.15) is 0 Å². The normalized spacial score (nSPS) is 27.2. The van der Waals surface area contributed by atoms with Crippen LogP contribution in [0.5, 0.6) is 0 Å². The van der Waals surface area contributed by atoms with Crippen molar-refractivity contribution >= 4 is 5.78 Å². The molecule has 0 radical (unpaired) electrons. The van der Waals surface area contributed by atoms with Crippen molar-refractivity contribution in [2.45, 2.75) is 39.3 Å². The molecule has 3 nitrogen and oxygen atoms in total. The lowest BCUT2D eigenvalue weighted by molar-refractivity contribution is -0.119. The minimum absolute atomic E-state index is 0.270. The summed E-state index contributed by atoms with van der Waals surface area (Å²) in [6.45, 7) is 8.54. The highest BCUT2D eigenvalue weighted by Gasteiger charge is 2.21. The van der Waals surface area contributed by atoms with Crippen molar-refractivity contribution in [2.75, 3.05) is 19.7 Å². The third kappa shape index (κ3) is 3.44. The molecular formula is C10H19NO2. The maximum absolute atomic E-state index is 10.9. The van der Waals surface area contributed by atoms with E-state index in [-0.39, 0.29) is 5.78 Å². The van der Waals surface area contributed by atoms with E-state index < -0.39 is 0 Å². The number of carbonyl (C=O) groups is 1. The predicted molar refractivity (Wildman–Crippen MR) is 51.7 cm³/mol. The third-order valence-electron chi connectivity index (χ3n) is 2.48. The van der Waals surface area contributed by atoms with E-state index in [0.29, 0.717) is 18.6 Å². The Bertz CT molecular complexity index is 182. The van der Waals surface area contributed by atoms with Gasteiger partial charge in [0.25, 0.3) is 0 Å². The largest absolute Gasteiger partial charge is 0.376 e. The maximum Gasteiger partial charge on any atom is 0.131 e. The second-order valence-electron chi connectivity index (χ2n) is 3.93. The molecule has 1 fully saturated rings. The van der Waals surface area contributed by atoms with Gasteiger partial charge in [0.05, 0.1) is 12.7 Å². The summed E-state index contributed by atoms with van der Waals surface area (Å²) in [6.07, 6.45) is 0.968. The molecule has 13 heavy (non-hydrogen) atoms. The first-order chi connectivity index (χ1) is 6.09. The van der Waals surface area contributed by atoms with Crippen LogP contribution in [-0.4, -0.2) is 42.5 Å². The van der Waals surface area contributed by atoms with Gasteiger partial charge in [-0.05, 0) is 20.8 Å². The SMILES string of the molecule is CC(=O)CC(C)N1CCOC(C)C1. The van der Waals surface area contributed by atoms with Gasteiger partial charge in [0, 0.05) is 25.6 Å². The zero-order valence-electron chi connectivity index (χ0n) is 8.75. The Hall–Kier alpha value is -0.410. The molecule has 0 aliphatic carbocycles. The van der Waals surface area contributed by atoms with Crippen LogP contribution >= 0.6 is 0 Å². The molecule has 0 saturated carbocycles. The van der Waals surface area contributed by atoms with E-state index in [9.17, 15) is 4.79 Å². The van der Waals surface area contributed by atoms with Crippen LogP contribution in [0.2, 0.25) is 0 Å². The van der Waals surface area contributed by atoms with E-state index >= 15 is 0 Å². The molecule has 0 aromatic carbocycles. The zero-order valence-corrected chi connectivity index (χ0v) is 8.75. The van der Waals surface area contributed by atoms with E-state index in [1.54, 1.807) is 6.92 Å². The molecule has 1 aliphatic rings. The van der Waals surface area contributed by atoms with Crippen molar-refractivity contribution in [1.82, 2.24) is 4.90 Å². The van der Waals surface area contributed by atoms with Gasteiger partial charge in [0.1, 0.15) is 5.78 Å². The first-order valence-corrected chi connectivity index (χ1v) is 4.94. The molecule has 1 rings (SSSR count). The molecule has 76 valence electrons. The van der Waals surface area contributed by atoms with Crippen molar-refractivity contribution < 1.29 is 9.53 Å². The van der Waals surface area contributed by atoms with E-state index in [2.05, 4.69) is 18.7 Å². The van der Waals surface area contributed by atoms with Crippen LogP contribution in [0.1, 0.15) is 27.2 Å². The quantitative estimate of drug-likeness (QED) is 0.659. The molecule has 0 N–H and O–H groups in total. The number of morpholine rings is 1. The molecule has 0 bridgehead atoms. The molecular weight excluding hydrogens is 166 g/mol. The molecule has 1 saturated heterocycles. The van der Waals surface area contributed by atoms with Crippen molar-refractivity contribution in [3.8, 4) is 0 Å². The van der Waals surface area contributed by atoms with E-state index in [0.717, 1.165) is 19.7 Å². The Balaban J connectivity index is 2.36. The maximum atomic E-state index is 10.9. The summed E-state index contributed by atoms with van der Waals surface area (Å²) in [4.78, 5) is 13.2. The lowest BCUT2D eigenvalue weighted by Gasteiger charge is -2.35. The molecule has 0 spiro atoms. The number of hydrogen-bond donors (Lipinski definition) is 0. The van der Waals surface area contributed by atoms with Crippen LogP contribution in [0, 0.1) is 0 Å². The highest BCUT2D eigenvalue weighted by molar-refractivity contribution is 5.76. The standard InChI is InChI=1S/C10H19NO2/c1-8(6-9(2)12)11-4-5-13-10(3)7-11/h8,10H,4-7H2,1-3H3.